The highest BCUT2D eigenvalue weighted by Crippen LogP contribution is 2.18. The zero-order chi connectivity index (χ0) is 11.5. The summed E-state index contributed by atoms with van der Waals surface area (Å²) in [6, 6.07) is 0.0629. The third-order valence-electron chi connectivity index (χ3n) is 2.83. The number of ether oxygens (including phenoxy) is 1. The molecule has 2 fully saturated rings. The minimum absolute atomic E-state index is 0.0263. The molecular weight excluding hydrogens is 210 g/mol. The Morgan fingerprint density at radius 1 is 1.31 bits per heavy atom. The van der Waals surface area contributed by atoms with Gasteiger partial charge in [0.15, 0.2) is 0 Å². The van der Waals surface area contributed by atoms with E-state index in [4.69, 9.17) is 10.5 Å². The lowest BCUT2D eigenvalue weighted by molar-refractivity contribution is -0.128. The molecule has 90 valence electrons. The number of carbonyl (C=O) groups is 2. The van der Waals surface area contributed by atoms with E-state index in [1.807, 2.05) is 0 Å². The maximum absolute atomic E-state index is 11.6. The van der Waals surface area contributed by atoms with Crippen molar-refractivity contribution in [3.05, 3.63) is 0 Å². The number of carbonyl (C=O) groups excluding carboxylic acids is 2. The zero-order valence-corrected chi connectivity index (χ0v) is 9.07. The van der Waals surface area contributed by atoms with Gasteiger partial charge in [0, 0.05) is 12.1 Å². The van der Waals surface area contributed by atoms with Crippen molar-refractivity contribution >= 4 is 11.8 Å². The zero-order valence-electron chi connectivity index (χ0n) is 9.07. The molecule has 2 rings (SSSR count). The smallest absolute Gasteiger partial charge is 0.239 e. The predicted octanol–water partition coefficient (Wildman–Crippen LogP) is -1.65. The number of hydrogen-bond acceptors (Lipinski definition) is 4. The molecule has 0 aromatic rings. The van der Waals surface area contributed by atoms with Crippen molar-refractivity contribution in [2.24, 2.45) is 11.7 Å². The first-order valence-electron chi connectivity index (χ1n) is 5.57. The van der Waals surface area contributed by atoms with Gasteiger partial charge in [-0.15, -0.1) is 0 Å². The van der Waals surface area contributed by atoms with Gasteiger partial charge in [0.2, 0.25) is 11.8 Å². The summed E-state index contributed by atoms with van der Waals surface area (Å²) in [6.45, 7) is 0.780. The van der Waals surface area contributed by atoms with Crippen molar-refractivity contribution in [2.45, 2.75) is 24.9 Å². The van der Waals surface area contributed by atoms with Crippen molar-refractivity contribution in [3.8, 4) is 0 Å². The Kier molecular flexibility index (Phi) is 3.40. The van der Waals surface area contributed by atoms with E-state index in [0.29, 0.717) is 19.3 Å². The molecule has 0 spiro atoms. The number of amides is 2. The fourth-order valence-electron chi connectivity index (χ4n) is 1.65. The molecule has 6 nitrogen and oxygen atoms in total. The number of nitrogens with one attached hydrogen (secondary N) is 2. The molecule has 0 aromatic carbocycles. The summed E-state index contributed by atoms with van der Waals surface area (Å²) in [5.74, 6) is -0.659. The van der Waals surface area contributed by atoms with Crippen LogP contribution in [0.3, 0.4) is 0 Å². The Balaban J connectivity index is 1.68. The van der Waals surface area contributed by atoms with Gasteiger partial charge in [-0.2, -0.15) is 0 Å². The molecule has 2 aliphatic rings. The van der Waals surface area contributed by atoms with Crippen molar-refractivity contribution in [1.29, 1.82) is 0 Å². The van der Waals surface area contributed by atoms with Crippen LogP contribution in [0.15, 0.2) is 0 Å². The summed E-state index contributed by atoms with van der Waals surface area (Å²) in [4.78, 5) is 22.9. The average molecular weight is 227 g/mol. The maximum atomic E-state index is 11.6. The normalized spacial score (nSPS) is 28.8. The largest absolute Gasteiger partial charge is 0.379 e. The summed E-state index contributed by atoms with van der Waals surface area (Å²) in [6.07, 6.45) is 2.09. The van der Waals surface area contributed by atoms with Gasteiger partial charge in [-0.3, -0.25) is 9.59 Å². The molecule has 0 bridgehead atoms. The molecule has 1 heterocycles. The molecule has 0 aromatic heterocycles. The summed E-state index contributed by atoms with van der Waals surface area (Å²) in [7, 11) is 0. The predicted molar refractivity (Wildman–Crippen MR) is 56.5 cm³/mol. The first-order chi connectivity index (χ1) is 7.66. The second-order valence-electron chi connectivity index (χ2n) is 4.37. The number of hydrogen-bond donors (Lipinski definition) is 3. The topological polar surface area (TPSA) is 93.4 Å². The van der Waals surface area contributed by atoms with Crippen LogP contribution in [-0.4, -0.2) is 43.7 Å². The van der Waals surface area contributed by atoms with Crippen LogP contribution >= 0.6 is 0 Å². The molecule has 2 atom stereocenters. The van der Waals surface area contributed by atoms with Crippen LogP contribution in [0.25, 0.3) is 0 Å². The fraction of sp³-hybridized carbons (Fsp3) is 0.800. The Labute approximate surface area is 93.9 Å². The lowest BCUT2D eigenvalue weighted by Gasteiger charge is -2.13. The molecule has 16 heavy (non-hydrogen) atoms. The molecule has 0 radical (unpaired) electrons. The van der Waals surface area contributed by atoms with Gasteiger partial charge in [-0.05, 0) is 12.8 Å². The molecule has 1 aliphatic carbocycles. The Hall–Kier alpha value is -1.14. The van der Waals surface area contributed by atoms with Crippen LogP contribution in [0.5, 0.6) is 0 Å². The quantitative estimate of drug-likeness (QED) is 0.536. The van der Waals surface area contributed by atoms with Crippen molar-refractivity contribution in [1.82, 2.24) is 10.6 Å². The van der Waals surface area contributed by atoms with Gasteiger partial charge < -0.3 is 21.1 Å². The van der Waals surface area contributed by atoms with E-state index in [1.165, 1.54) is 0 Å². The number of nitrogens with two attached hydrogens (primary N) is 1. The van der Waals surface area contributed by atoms with Crippen LogP contribution in [0.2, 0.25) is 0 Å². The highest BCUT2D eigenvalue weighted by molar-refractivity contribution is 5.86. The molecule has 4 N–H and O–H groups in total. The Morgan fingerprint density at radius 2 is 2.06 bits per heavy atom. The van der Waals surface area contributed by atoms with E-state index in [0.717, 1.165) is 12.8 Å². The molecular formula is C10H17N3O3. The molecule has 6 heteroatoms. The summed E-state index contributed by atoms with van der Waals surface area (Å²) < 4.78 is 5.09. The van der Waals surface area contributed by atoms with Crippen LogP contribution in [-0.2, 0) is 14.3 Å². The van der Waals surface area contributed by atoms with E-state index in [1.54, 1.807) is 0 Å². The molecule has 1 aliphatic heterocycles. The average Bonchev–Trinajstić information content (AvgIpc) is 2.95. The van der Waals surface area contributed by atoms with E-state index in [9.17, 15) is 9.59 Å². The first kappa shape index (κ1) is 11.3. The van der Waals surface area contributed by atoms with Gasteiger partial charge in [0.1, 0.15) is 0 Å². The molecule has 1 saturated carbocycles. The molecule has 2 amide bonds. The van der Waals surface area contributed by atoms with Gasteiger partial charge in [-0.1, -0.05) is 0 Å². The van der Waals surface area contributed by atoms with Gasteiger partial charge in [0.25, 0.3) is 0 Å². The fourth-order valence-corrected chi connectivity index (χ4v) is 1.65. The summed E-state index contributed by atoms with van der Waals surface area (Å²) in [5, 5.41) is 5.37. The highest BCUT2D eigenvalue weighted by Gasteiger charge is 2.31. The highest BCUT2D eigenvalue weighted by atomic mass is 16.5. The van der Waals surface area contributed by atoms with Crippen molar-refractivity contribution in [3.63, 3.8) is 0 Å². The lowest BCUT2D eigenvalue weighted by atomic mass is 10.0. The Bertz CT molecular complexity index is 291. The van der Waals surface area contributed by atoms with E-state index >= 15 is 0 Å². The van der Waals surface area contributed by atoms with Crippen LogP contribution in [0, 0.1) is 5.92 Å². The van der Waals surface area contributed by atoms with Gasteiger partial charge in [-0.25, -0.2) is 0 Å². The second-order valence-corrected chi connectivity index (χ2v) is 4.37. The standard InChI is InChI=1S/C10H17N3O3/c11-8-5-16-4-7(8)10(15)12-3-9(14)13-6-1-2-6/h6-8H,1-5,11H2,(H,12,15)(H,13,14). The minimum Gasteiger partial charge on any atom is -0.379 e. The van der Waals surface area contributed by atoms with Crippen LogP contribution in [0.1, 0.15) is 12.8 Å². The monoisotopic (exact) mass is 227 g/mol. The third-order valence-corrected chi connectivity index (χ3v) is 2.83. The SMILES string of the molecule is NC1COCC1C(=O)NCC(=O)NC1CC1. The van der Waals surface area contributed by atoms with E-state index in [2.05, 4.69) is 10.6 Å². The Morgan fingerprint density at radius 3 is 2.62 bits per heavy atom. The maximum Gasteiger partial charge on any atom is 0.239 e. The van der Waals surface area contributed by atoms with E-state index < -0.39 is 0 Å². The second kappa shape index (κ2) is 4.80. The van der Waals surface area contributed by atoms with E-state index in [-0.39, 0.29) is 30.3 Å². The molecule has 1 saturated heterocycles. The minimum atomic E-state index is -0.325. The third kappa shape index (κ3) is 2.93. The summed E-state index contributed by atoms with van der Waals surface area (Å²) >= 11 is 0. The van der Waals surface area contributed by atoms with Crippen molar-refractivity contribution in [2.75, 3.05) is 19.8 Å². The summed E-state index contributed by atoms with van der Waals surface area (Å²) in [5.41, 5.74) is 5.69. The van der Waals surface area contributed by atoms with Crippen LogP contribution in [0.4, 0.5) is 0 Å². The number of rotatable bonds is 4. The lowest BCUT2D eigenvalue weighted by Crippen LogP contribution is -2.44. The van der Waals surface area contributed by atoms with Gasteiger partial charge >= 0.3 is 0 Å². The van der Waals surface area contributed by atoms with Crippen LogP contribution < -0.4 is 16.4 Å². The first-order valence-corrected chi connectivity index (χ1v) is 5.57. The molecule has 2 unspecified atom stereocenters. The van der Waals surface area contributed by atoms with Crippen molar-refractivity contribution < 1.29 is 14.3 Å². The van der Waals surface area contributed by atoms with Gasteiger partial charge in [0.05, 0.1) is 25.7 Å².